The van der Waals surface area contributed by atoms with Crippen molar-refractivity contribution < 1.29 is 8.42 Å². The Morgan fingerprint density at radius 3 is 2.11 bits per heavy atom. The van der Waals surface area contributed by atoms with Crippen molar-refractivity contribution in [3.05, 3.63) is 47.5 Å². The Hall–Kier alpha value is -2.19. The largest absolute Gasteiger partial charge is 0.356 e. The van der Waals surface area contributed by atoms with Gasteiger partial charge < -0.3 is 9.80 Å². The molecule has 1 aliphatic rings. The van der Waals surface area contributed by atoms with Crippen LogP contribution in [0.15, 0.2) is 36.4 Å². The van der Waals surface area contributed by atoms with Crippen LogP contribution in [0, 0.1) is 6.92 Å². The van der Waals surface area contributed by atoms with E-state index < -0.39 is 10.0 Å². The van der Waals surface area contributed by atoms with Gasteiger partial charge in [-0.3, -0.25) is 0 Å². The van der Waals surface area contributed by atoms with Gasteiger partial charge in [-0.25, -0.2) is 8.42 Å². The van der Waals surface area contributed by atoms with E-state index in [0.717, 1.165) is 35.9 Å². The third kappa shape index (κ3) is 4.80. The quantitative estimate of drug-likeness (QED) is 0.706. The van der Waals surface area contributed by atoms with Gasteiger partial charge in [-0.15, -0.1) is 10.2 Å². The van der Waals surface area contributed by atoms with E-state index in [4.69, 9.17) is 0 Å². The van der Waals surface area contributed by atoms with Crippen LogP contribution in [0.2, 0.25) is 0 Å². The first-order valence-corrected chi connectivity index (χ1v) is 11.4. The van der Waals surface area contributed by atoms with E-state index in [-0.39, 0.29) is 5.75 Å². The Bertz CT molecular complexity index is 856. The van der Waals surface area contributed by atoms with E-state index in [1.807, 2.05) is 43.3 Å². The van der Waals surface area contributed by atoms with E-state index in [1.54, 1.807) is 4.31 Å². The molecule has 0 amide bonds. The number of anilines is 2. The second kappa shape index (κ2) is 8.87. The molecule has 8 heteroatoms. The Labute approximate surface area is 168 Å². The zero-order chi connectivity index (χ0) is 20.1. The molecule has 0 atom stereocenters. The number of piperazine rings is 1. The summed E-state index contributed by atoms with van der Waals surface area (Å²) in [4.78, 5) is 4.24. The van der Waals surface area contributed by atoms with Crippen molar-refractivity contribution in [2.24, 2.45) is 0 Å². The van der Waals surface area contributed by atoms with Gasteiger partial charge in [0, 0.05) is 39.3 Å². The summed E-state index contributed by atoms with van der Waals surface area (Å²) in [6, 6.07) is 11.6. The Balaban J connectivity index is 1.59. The van der Waals surface area contributed by atoms with Gasteiger partial charge in [0.1, 0.15) is 0 Å². The van der Waals surface area contributed by atoms with Gasteiger partial charge in [0.05, 0.1) is 5.75 Å². The number of nitrogens with zero attached hydrogens (tertiary/aromatic N) is 5. The van der Waals surface area contributed by atoms with Gasteiger partial charge in [-0.05, 0) is 38.5 Å². The van der Waals surface area contributed by atoms with Crippen LogP contribution in [-0.2, 0) is 15.8 Å². The molecular formula is C20H29N5O2S. The molecule has 1 aromatic heterocycles. The fourth-order valence-corrected chi connectivity index (χ4v) is 4.90. The zero-order valence-corrected chi connectivity index (χ0v) is 17.7. The first kappa shape index (κ1) is 20.5. The molecular weight excluding hydrogens is 374 g/mol. The number of hydrogen-bond donors (Lipinski definition) is 0. The van der Waals surface area contributed by atoms with Crippen LogP contribution in [0.5, 0.6) is 0 Å². The fourth-order valence-electron chi connectivity index (χ4n) is 3.38. The van der Waals surface area contributed by atoms with Gasteiger partial charge in [0.25, 0.3) is 0 Å². The molecule has 2 aromatic rings. The van der Waals surface area contributed by atoms with Gasteiger partial charge in [0.2, 0.25) is 10.0 Å². The molecule has 1 saturated heterocycles. The van der Waals surface area contributed by atoms with Crippen molar-refractivity contribution in [3.8, 4) is 0 Å². The molecule has 0 aliphatic carbocycles. The summed E-state index contributed by atoms with van der Waals surface area (Å²) in [5.41, 5.74) is 1.95. The van der Waals surface area contributed by atoms with E-state index in [2.05, 4.69) is 33.8 Å². The van der Waals surface area contributed by atoms with Gasteiger partial charge in [-0.1, -0.05) is 29.8 Å². The van der Waals surface area contributed by atoms with Crippen molar-refractivity contribution >= 4 is 21.7 Å². The second-order valence-electron chi connectivity index (χ2n) is 7.05. The van der Waals surface area contributed by atoms with Crippen molar-refractivity contribution in [3.63, 3.8) is 0 Å². The molecule has 0 unspecified atom stereocenters. The third-order valence-electron chi connectivity index (χ3n) is 5.15. The molecule has 0 N–H and O–H groups in total. The SMILES string of the molecule is CCN(CC)c1ccc(N2CCN(S(=O)(=O)Cc3ccc(C)cc3)CC2)nn1. The Kier molecular flexibility index (Phi) is 6.51. The summed E-state index contributed by atoms with van der Waals surface area (Å²) >= 11 is 0. The van der Waals surface area contributed by atoms with E-state index in [1.165, 1.54) is 0 Å². The predicted octanol–water partition coefficient (Wildman–Crippen LogP) is 2.28. The van der Waals surface area contributed by atoms with Crippen molar-refractivity contribution in [2.75, 3.05) is 49.1 Å². The molecule has 7 nitrogen and oxygen atoms in total. The minimum Gasteiger partial charge on any atom is -0.356 e. The van der Waals surface area contributed by atoms with Crippen molar-refractivity contribution in [2.45, 2.75) is 26.5 Å². The van der Waals surface area contributed by atoms with E-state index in [0.29, 0.717) is 26.2 Å². The lowest BCUT2D eigenvalue weighted by molar-refractivity contribution is 0.383. The molecule has 28 heavy (non-hydrogen) atoms. The fraction of sp³-hybridized carbons (Fsp3) is 0.500. The average Bonchev–Trinajstić information content (AvgIpc) is 2.71. The molecule has 152 valence electrons. The number of aryl methyl sites for hydroxylation is 1. The third-order valence-corrected chi connectivity index (χ3v) is 7.00. The lowest BCUT2D eigenvalue weighted by Gasteiger charge is -2.34. The molecule has 2 heterocycles. The highest BCUT2D eigenvalue weighted by molar-refractivity contribution is 7.88. The predicted molar refractivity (Wildman–Crippen MR) is 113 cm³/mol. The van der Waals surface area contributed by atoms with Crippen LogP contribution in [0.25, 0.3) is 0 Å². The van der Waals surface area contributed by atoms with Crippen LogP contribution in [0.3, 0.4) is 0 Å². The minimum absolute atomic E-state index is 0.0473. The minimum atomic E-state index is -3.32. The molecule has 0 saturated carbocycles. The standard InChI is InChI=1S/C20H29N5O2S/c1-4-23(5-2)19-10-11-20(22-21-19)24-12-14-25(15-13-24)28(26,27)16-18-8-6-17(3)7-9-18/h6-11H,4-5,12-16H2,1-3H3. The number of hydrogen-bond acceptors (Lipinski definition) is 6. The molecule has 0 radical (unpaired) electrons. The Morgan fingerprint density at radius 1 is 0.929 bits per heavy atom. The van der Waals surface area contributed by atoms with Gasteiger partial charge in [-0.2, -0.15) is 4.31 Å². The zero-order valence-electron chi connectivity index (χ0n) is 16.9. The van der Waals surface area contributed by atoms with Crippen LogP contribution >= 0.6 is 0 Å². The van der Waals surface area contributed by atoms with Gasteiger partial charge >= 0.3 is 0 Å². The number of sulfonamides is 1. The first-order chi connectivity index (χ1) is 13.4. The summed E-state index contributed by atoms with van der Waals surface area (Å²) in [6.07, 6.45) is 0. The molecule has 0 spiro atoms. The normalized spacial score (nSPS) is 15.6. The molecule has 1 fully saturated rings. The van der Waals surface area contributed by atoms with E-state index in [9.17, 15) is 8.42 Å². The monoisotopic (exact) mass is 403 g/mol. The summed E-state index contributed by atoms with van der Waals surface area (Å²) in [5.74, 6) is 1.71. The second-order valence-corrected chi connectivity index (χ2v) is 9.02. The van der Waals surface area contributed by atoms with E-state index >= 15 is 0 Å². The summed E-state index contributed by atoms with van der Waals surface area (Å²) in [5, 5.41) is 8.68. The molecule has 3 rings (SSSR count). The average molecular weight is 404 g/mol. The maximum atomic E-state index is 12.7. The maximum absolute atomic E-state index is 12.7. The number of aromatic nitrogens is 2. The number of benzene rings is 1. The van der Waals surface area contributed by atoms with Crippen LogP contribution in [-0.4, -0.2) is 62.2 Å². The topological polar surface area (TPSA) is 69.6 Å². The summed E-state index contributed by atoms with van der Waals surface area (Å²) in [7, 11) is -3.32. The summed E-state index contributed by atoms with van der Waals surface area (Å²) < 4.78 is 27.1. The highest BCUT2D eigenvalue weighted by Crippen LogP contribution is 2.19. The highest BCUT2D eigenvalue weighted by atomic mass is 32.2. The van der Waals surface area contributed by atoms with Crippen LogP contribution < -0.4 is 9.80 Å². The summed E-state index contributed by atoms with van der Waals surface area (Å²) in [6.45, 7) is 10.1. The first-order valence-electron chi connectivity index (χ1n) is 9.80. The lowest BCUT2D eigenvalue weighted by atomic mass is 10.2. The highest BCUT2D eigenvalue weighted by Gasteiger charge is 2.27. The number of rotatable bonds is 7. The maximum Gasteiger partial charge on any atom is 0.218 e. The van der Waals surface area contributed by atoms with Crippen LogP contribution in [0.1, 0.15) is 25.0 Å². The Morgan fingerprint density at radius 2 is 1.57 bits per heavy atom. The van der Waals surface area contributed by atoms with Crippen molar-refractivity contribution in [1.29, 1.82) is 0 Å². The lowest BCUT2D eigenvalue weighted by Crippen LogP contribution is -2.49. The molecule has 0 bridgehead atoms. The molecule has 1 aliphatic heterocycles. The van der Waals surface area contributed by atoms with Crippen molar-refractivity contribution in [1.82, 2.24) is 14.5 Å². The molecule has 1 aromatic carbocycles. The smallest absolute Gasteiger partial charge is 0.218 e. The van der Waals surface area contributed by atoms with Crippen LogP contribution in [0.4, 0.5) is 11.6 Å². The van der Waals surface area contributed by atoms with Gasteiger partial charge in [0.15, 0.2) is 11.6 Å².